The second-order valence-electron chi connectivity index (χ2n) is 4.09. The van der Waals surface area contributed by atoms with Gasteiger partial charge in [0.15, 0.2) is 0 Å². The maximum absolute atomic E-state index is 4.64. The highest BCUT2D eigenvalue weighted by Crippen LogP contribution is 2.21. The Hall–Kier alpha value is -1.57. The summed E-state index contributed by atoms with van der Waals surface area (Å²) in [5.74, 6) is 0. The van der Waals surface area contributed by atoms with Crippen molar-refractivity contribution in [2.75, 3.05) is 0 Å². The van der Waals surface area contributed by atoms with Gasteiger partial charge in [0, 0.05) is 6.20 Å². The molecule has 0 aliphatic heterocycles. The second kappa shape index (κ2) is 3.54. The summed E-state index contributed by atoms with van der Waals surface area (Å²) in [6.45, 7) is 0. The topological polar surface area (TPSA) is 17.8 Å². The van der Waals surface area contributed by atoms with E-state index < -0.39 is 0 Å². The first-order chi connectivity index (χ1) is 7.43. The Kier molecular flexibility index (Phi) is 2.05. The van der Waals surface area contributed by atoms with Gasteiger partial charge in [-0.1, -0.05) is 18.2 Å². The highest BCUT2D eigenvalue weighted by Gasteiger charge is 2.13. The second-order valence-corrected chi connectivity index (χ2v) is 4.09. The Morgan fingerprint density at radius 1 is 1.00 bits per heavy atom. The third kappa shape index (κ3) is 1.56. The molecule has 1 aromatic heterocycles. The lowest BCUT2D eigenvalue weighted by Gasteiger charge is -2.06. The Morgan fingerprint density at radius 2 is 1.80 bits per heavy atom. The molecule has 76 valence electrons. The van der Waals surface area contributed by atoms with Gasteiger partial charge in [0.25, 0.3) is 0 Å². The number of nitrogens with zero attached hydrogens (tertiary/aromatic N) is 2. The van der Waals surface area contributed by atoms with Gasteiger partial charge in [-0.3, -0.25) is 0 Å². The van der Waals surface area contributed by atoms with Crippen LogP contribution in [0.15, 0.2) is 36.5 Å². The molecule has 0 atom stereocenters. The summed E-state index contributed by atoms with van der Waals surface area (Å²) >= 11 is 0. The molecule has 15 heavy (non-hydrogen) atoms. The van der Waals surface area contributed by atoms with E-state index in [-0.39, 0.29) is 0 Å². The fraction of sp³-hybridized carbons (Fsp3) is 0.308. The summed E-state index contributed by atoms with van der Waals surface area (Å²) < 4.78 is 2.01. The van der Waals surface area contributed by atoms with Crippen LogP contribution in [0.25, 0.3) is 5.69 Å². The number of aryl methyl sites for hydroxylation is 2. The molecule has 0 bridgehead atoms. The molecule has 0 unspecified atom stereocenters. The van der Waals surface area contributed by atoms with Gasteiger partial charge in [0.2, 0.25) is 0 Å². The first-order valence-electron chi connectivity index (χ1n) is 5.56. The van der Waals surface area contributed by atoms with Crippen molar-refractivity contribution in [1.82, 2.24) is 9.78 Å². The summed E-state index contributed by atoms with van der Waals surface area (Å²) in [7, 11) is 0. The van der Waals surface area contributed by atoms with E-state index in [1.165, 1.54) is 30.5 Å². The molecule has 3 rings (SSSR count). The van der Waals surface area contributed by atoms with Crippen LogP contribution in [0.2, 0.25) is 0 Å². The monoisotopic (exact) mass is 198 g/mol. The van der Waals surface area contributed by atoms with Gasteiger partial charge in [-0.15, -0.1) is 0 Å². The van der Waals surface area contributed by atoms with Crippen molar-refractivity contribution in [3.63, 3.8) is 0 Å². The van der Waals surface area contributed by atoms with Crippen molar-refractivity contribution in [3.8, 4) is 5.69 Å². The van der Waals surface area contributed by atoms with Gasteiger partial charge in [-0.2, -0.15) is 5.10 Å². The molecule has 0 amide bonds. The zero-order valence-electron chi connectivity index (χ0n) is 8.69. The van der Waals surface area contributed by atoms with E-state index in [1.54, 1.807) is 0 Å². The quantitative estimate of drug-likeness (QED) is 0.689. The molecular formula is C13H14N2. The van der Waals surface area contributed by atoms with Crippen LogP contribution in [0, 0.1) is 0 Å². The number of aromatic nitrogens is 2. The van der Waals surface area contributed by atoms with Gasteiger partial charge in [-0.25, -0.2) is 4.68 Å². The van der Waals surface area contributed by atoms with E-state index in [4.69, 9.17) is 0 Å². The highest BCUT2D eigenvalue weighted by molar-refractivity contribution is 5.33. The minimum Gasteiger partial charge on any atom is -0.240 e. The smallest absolute Gasteiger partial charge is 0.0660 e. The molecule has 2 nitrogen and oxygen atoms in total. The van der Waals surface area contributed by atoms with Crippen LogP contribution in [0.3, 0.4) is 0 Å². The molecular weight excluding hydrogens is 184 g/mol. The molecule has 0 saturated carbocycles. The molecule has 2 aromatic rings. The third-order valence-corrected chi connectivity index (χ3v) is 3.01. The van der Waals surface area contributed by atoms with Crippen LogP contribution in [0.4, 0.5) is 0 Å². The fourth-order valence-corrected chi connectivity index (χ4v) is 2.19. The number of hydrogen-bond acceptors (Lipinski definition) is 1. The van der Waals surface area contributed by atoms with Crippen molar-refractivity contribution in [2.24, 2.45) is 0 Å². The van der Waals surface area contributed by atoms with Crippen LogP contribution in [0.5, 0.6) is 0 Å². The third-order valence-electron chi connectivity index (χ3n) is 3.01. The lowest BCUT2D eigenvalue weighted by molar-refractivity contribution is 0.671. The van der Waals surface area contributed by atoms with E-state index in [2.05, 4.69) is 35.6 Å². The Balaban J connectivity index is 2.03. The minimum absolute atomic E-state index is 1.15. The van der Waals surface area contributed by atoms with Crippen LogP contribution >= 0.6 is 0 Å². The highest BCUT2D eigenvalue weighted by atomic mass is 15.3. The molecule has 0 spiro atoms. The number of hydrogen-bond donors (Lipinski definition) is 0. The van der Waals surface area contributed by atoms with Gasteiger partial charge in [0.1, 0.15) is 0 Å². The average molecular weight is 198 g/mol. The lowest BCUT2D eigenvalue weighted by atomic mass is 9.99. The summed E-state index contributed by atoms with van der Waals surface area (Å²) in [6, 6.07) is 10.3. The summed E-state index contributed by atoms with van der Waals surface area (Å²) in [5, 5.41) is 4.64. The minimum atomic E-state index is 1.15. The number of rotatable bonds is 1. The first-order valence-corrected chi connectivity index (χ1v) is 5.56. The predicted octanol–water partition coefficient (Wildman–Crippen LogP) is 2.75. The maximum atomic E-state index is 4.64. The van der Waals surface area contributed by atoms with Crippen LogP contribution < -0.4 is 0 Å². The molecule has 0 radical (unpaired) electrons. The predicted molar refractivity (Wildman–Crippen MR) is 60.2 cm³/mol. The number of benzene rings is 1. The normalized spacial score (nSPS) is 14.9. The standard InChI is InChI=1S/C13H14N2/c1-2-7-12(8-3-1)15-10-11-6-4-5-9-13(11)14-15/h1-3,7-8,10H,4-6,9H2. The SMILES string of the molecule is c1ccc(-n2cc3c(n2)CCCC3)cc1. The molecule has 0 fully saturated rings. The molecule has 1 aliphatic rings. The van der Waals surface area contributed by atoms with Crippen LogP contribution in [-0.4, -0.2) is 9.78 Å². The first kappa shape index (κ1) is 8.72. The van der Waals surface area contributed by atoms with Crippen molar-refractivity contribution >= 4 is 0 Å². The number of para-hydroxylation sites is 1. The van der Waals surface area contributed by atoms with Gasteiger partial charge >= 0.3 is 0 Å². The largest absolute Gasteiger partial charge is 0.240 e. The van der Waals surface area contributed by atoms with Crippen LogP contribution in [0.1, 0.15) is 24.1 Å². The fourth-order valence-electron chi connectivity index (χ4n) is 2.19. The molecule has 1 aromatic carbocycles. The summed E-state index contributed by atoms with van der Waals surface area (Å²) in [4.78, 5) is 0. The van der Waals surface area contributed by atoms with Gasteiger partial charge in [-0.05, 0) is 43.4 Å². The van der Waals surface area contributed by atoms with Crippen molar-refractivity contribution < 1.29 is 0 Å². The molecule has 1 heterocycles. The van der Waals surface area contributed by atoms with E-state index >= 15 is 0 Å². The zero-order valence-corrected chi connectivity index (χ0v) is 8.69. The average Bonchev–Trinajstić information content (AvgIpc) is 2.74. The Bertz CT molecular complexity index is 433. The molecule has 2 heteroatoms. The Morgan fingerprint density at radius 3 is 2.60 bits per heavy atom. The molecule has 1 aliphatic carbocycles. The van der Waals surface area contributed by atoms with Crippen molar-refractivity contribution in [1.29, 1.82) is 0 Å². The van der Waals surface area contributed by atoms with E-state index in [1.807, 2.05) is 10.7 Å². The maximum Gasteiger partial charge on any atom is 0.0660 e. The number of fused-ring (bicyclic) bond motifs is 1. The zero-order chi connectivity index (χ0) is 10.1. The summed E-state index contributed by atoms with van der Waals surface area (Å²) in [6.07, 6.45) is 7.13. The van der Waals surface area contributed by atoms with E-state index in [0.717, 1.165) is 12.1 Å². The molecule has 0 N–H and O–H groups in total. The van der Waals surface area contributed by atoms with Crippen molar-refractivity contribution in [2.45, 2.75) is 25.7 Å². The van der Waals surface area contributed by atoms with E-state index in [9.17, 15) is 0 Å². The van der Waals surface area contributed by atoms with Gasteiger partial charge in [0.05, 0.1) is 11.4 Å². The summed E-state index contributed by atoms with van der Waals surface area (Å²) in [5.41, 5.74) is 3.89. The van der Waals surface area contributed by atoms with E-state index in [0.29, 0.717) is 0 Å². The van der Waals surface area contributed by atoms with Crippen molar-refractivity contribution in [3.05, 3.63) is 47.8 Å². The lowest BCUT2D eigenvalue weighted by Crippen LogP contribution is -2.00. The Labute approximate surface area is 89.5 Å². The van der Waals surface area contributed by atoms with Crippen LogP contribution in [-0.2, 0) is 12.8 Å². The van der Waals surface area contributed by atoms with Gasteiger partial charge < -0.3 is 0 Å². The molecule has 0 saturated heterocycles.